The zero-order valence-corrected chi connectivity index (χ0v) is 19.1. The molecule has 3 rings (SSSR count). The first-order chi connectivity index (χ1) is 16.0. The van der Waals surface area contributed by atoms with Crippen molar-refractivity contribution in [2.24, 2.45) is 0 Å². The van der Waals surface area contributed by atoms with E-state index in [4.69, 9.17) is 0 Å². The van der Waals surface area contributed by atoms with Crippen LogP contribution in [0.1, 0.15) is 42.0 Å². The molecule has 2 N–H and O–H groups in total. The molecule has 0 fully saturated rings. The number of carbonyl (C=O) groups is 1. The van der Waals surface area contributed by atoms with Crippen molar-refractivity contribution in [3.05, 3.63) is 107 Å². The molecule has 3 aromatic rings. The lowest BCUT2D eigenvalue weighted by Gasteiger charge is -2.20. The maximum Gasteiger partial charge on any atom is 0.220 e. The van der Waals surface area contributed by atoms with Crippen molar-refractivity contribution in [2.45, 2.75) is 51.6 Å². The van der Waals surface area contributed by atoms with Gasteiger partial charge in [0.05, 0.1) is 0 Å². The highest BCUT2D eigenvalue weighted by Gasteiger charge is 2.14. The third-order valence-corrected chi connectivity index (χ3v) is 5.65. The van der Waals surface area contributed by atoms with Gasteiger partial charge in [0, 0.05) is 25.1 Å². The van der Waals surface area contributed by atoms with E-state index in [1.54, 1.807) is 0 Å². The van der Waals surface area contributed by atoms with Gasteiger partial charge in [-0.3, -0.25) is 4.79 Å². The van der Waals surface area contributed by atoms with Crippen LogP contribution < -0.4 is 10.6 Å². The number of aryl methyl sites for hydroxylation is 2. The Morgan fingerprint density at radius 2 is 1.55 bits per heavy atom. The normalized spacial score (nSPS) is 11.8. The van der Waals surface area contributed by atoms with E-state index in [9.17, 15) is 13.6 Å². The lowest BCUT2D eigenvalue weighted by atomic mass is 10.0. The van der Waals surface area contributed by atoms with Crippen LogP contribution in [0.2, 0.25) is 0 Å². The second-order valence-electron chi connectivity index (χ2n) is 8.37. The molecule has 174 valence electrons. The molecule has 33 heavy (non-hydrogen) atoms. The van der Waals surface area contributed by atoms with Gasteiger partial charge < -0.3 is 10.6 Å². The van der Waals surface area contributed by atoms with E-state index >= 15 is 0 Å². The predicted molar refractivity (Wildman–Crippen MR) is 129 cm³/mol. The minimum absolute atomic E-state index is 0.0589. The van der Waals surface area contributed by atoms with Crippen molar-refractivity contribution < 1.29 is 13.6 Å². The minimum atomic E-state index is -0.604. The van der Waals surface area contributed by atoms with Crippen LogP contribution in [-0.2, 0) is 30.6 Å². The van der Waals surface area contributed by atoms with Crippen LogP contribution >= 0.6 is 0 Å². The summed E-state index contributed by atoms with van der Waals surface area (Å²) in [5, 5.41) is 6.49. The summed E-state index contributed by atoms with van der Waals surface area (Å²) < 4.78 is 27.3. The third kappa shape index (κ3) is 8.78. The summed E-state index contributed by atoms with van der Waals surface area (Å²) in [6, 6.07) is 21.6. The van der Waals surface area contributed by atoms with Crippen molar-refractivity contribution in [1.29, 1.82) is 0 Å². The van der Waals surface area contributed by atoms with Gasteiger partial charge in [-0.1, -0.05) is 61.5 Å². The molecule has 1 amide bonds. The Kier molecular flexibility index (Phi) is 9.58. The summed E-state index contributed by atoms with van der Waals surface area (Å²) >= 11 is 0. The van der Waals surface area contributed by atoms with Crippen LogP contribution in [0.15, 0.2) is 72.8 Å². The molecule has 3 aromatic carbocycles. The van der Waals surface area contributed by atoms with Gasteiger partial charge in [-0.25, -0.2) is 8.78 Å². The predicted octanol–water partition coefficient (Wildman–Crippen LogP) is 5.37. The van der Waals surface area contributed by atoms with Crippen LogP contribution in [0.4, 0.5) is 8.78 Å². The first-order valence-electron chi connectivity index (χ1n) is 11.6. The molecule has 1 atom stereocenters. The number of hydrogen-bond acceptors (Lipinski definition) is 2. The molecule has 3 nitrogen and oxygen atoms in total. The number of hydrogen-bond donors (Lipinski definition) is 2. The lowest BCUT2D eigenvalue weighted by molar-refractivity contribution is -0.121. The summed E-state index contributed by atoms with van der Waals surface area (Å²) in [4.78, 5) is 12.6. The first-order valence-corrected chi connectivity index (χ1v) is 11.6. The standard InChI is InChI=1S/C28H32F2N2O/c1-2-21-9-6-10-23(15-21)20-31-14-13-27(18-24-16-25(29)19-26(30)17-24)32-28(33)12-11-22-7-4-3-5-8-22/h3-10,15-17,19,27,31H,2,11-14,18,20H2,1H3,(H,32,33)/t27-/m1/s1. The quantitative estimate of drug-likeness (QED) is 0.365. The number of rotatable bonds is 12. The van der Waals surface area contributed by atoms with Crippen molar-refractivity contribution >= 4 is 5.91 Å². The molecule has 0 aromatic heterocycles. The second kappa shape index (κ2) is 12.9. The number of amides is 1. The third-order valence-electron chi connectivity index (χ3n) is 5.65. The molecule has 0 spiro atoms. The van der Waals surface area contributed by atoms with E-state index in [1.165, 1.54) is 23.3 Å². The summed E-state index contributed by atoms with van der Waals surface area (Å²) in [6.07, 6.45) is 3.05. The molecule has 0 aliphatic carbocycles. The Hall–Kier alpha value is -3.05. The van der Waals surface area contributed by atoms with E-state index in [1.807, 2.05) is 30.3 Å². The Bertz CT molecular complexity index is 1000. The monoisotopic (exact) mass is 450 g/mol. The van der Waals surface area contributed by atoms with Crippen LogP contribution in [0, 0.1) is 11.6 Å². The summed E-state index contributed by atoms with van der Waals surface area (Å²) in [7, 11) is 0. The Morgan fingerprint density at radius 1 is 0.848 bits per heavy atom. The molecular weight excluding hydrogens is 418 g/mol. The summed E-state index contributed by atoms with van der Waals surface area (Å²) in [5.41, 5.74) is 4.15. The SMILES string of the molecule is CCc1cccc(CNCC[C@H](Cc2cc(F)cc(F)c2)NC(=O)CCc2ccccc2)c1. The first kappa shape index (κ1) is 24.6. The van der Waals surface area contributed by atoms with Crippen LogP contribution in [-0.4, -0.2) is 18.5 Å². The maximum absolute atomic E-state index is 13.7. The topological polar surface area (TPSA) is 41.1 Å². The van der Waals surface area contributed by atoms with Gasteiger partial charge >= 0.3 is 0 Å². The molecule has 0 saturated carbocycles. The smallest absolute Gasteiger partial charge is 0.220 e. The van der Waals surface area contributed by atoms with Gasteiger partial charge in [-0.05, 0) is 66.6 Å². The number of carbonyl (C=O) groups excluding carboxylic acids is 1. The lowest BCUT2D eigenvalue weighted by Crippen LogP contribution is -2.38. The van der Waals surface area contributed by atoms with E-state index in [2.05, 4.69) is 41.8 Å². The highest BCUT2D eigenvalue weighted by molar-refractivity contribution is 5.76. The average molecular weight is 451 g/mol. The highest BCUT2D eigenvalue weighted by Crippen LogP contribution is 2.12. The molecule has 0 heterocycles. The van der Waals surface area contributed by atoms with Crippen molar-refractivity contribution in [1.82, 2.24) is 10.6 Å². The van der Waals surface area contributed by atoms with E-state index in [-0.39, 0.29) is 11.9 Å². The van der Waals surface area contributed by atoms with Crippen LogP contribution in [0.3, 0.4) is 0 Å². The largest absolute Gasteiger partial charge is 0.353 e. The van der Waals surface area contributed by atoms with Crippen molar-refractivity contribution in [3.63, 3.8) is 0 Å². The Morgan fingerprint density at radius 3 is 2.27 bits per heavy atom. The molecule has 5 heteroatoms. The fourth-order valence-corrected chi connectivity index (χ4v) is 3.91. The molecule has 0 aliphatic heterocycles. The average Bonchev–Trinajstić information content (AvgIpc) is 2.80. The van der Waals surface area contributed by atoms with Gasteiger partial charge in [0.1, 0.15) is 11.6 Å². The zero-order valence-electron chi connectivity index (χ0n) is 19.1. The Labute approximate surface area is 195 Å². The summed E-state index contributed by atoms with van der Waals surface area (Å²) in [6.45, 7) is 3.54. The molecule has 0 radical (unpaired) electrons. The van der Waals surface area contributed by atoms with Crippen LogP contribution in [0.25, 0.3) is 0 Å². The van der Waals surface area contributed by atoms with E-state index < -0.39 is 11.6 Å². The minimum Gasteiger partial charge on any atom is -0.353 e. The van der Waals surface area contributed by atoms with Crippen LogP contribution in [0.5, 0.6) is 0 Å². The highest BCUT2D eigenvalue weighted by atomic mass is 19.1. The molecule has 0 bridgehead atoms. The van der Waals surface area contributed by atoms with Gasteiger partial charge in [0.15, 0.2) is 0 Å². The molecule has 0 unspecified atom stereocenters. The number of halogens is 2. The maximum atomic E-state index is 13.7. The van der Waals surface area contributed by atoms with Crippen molar-refractivity contribution in [3.8, 4) is 0 Å². The zero-order chi connectivity index (χ0) is 23.5. The molecule has 0 saturated heterocycles. The molecular formula is C28H32F2N2O. The van der Waals surface area contributed by atoms with Gasteiger partial charge in [-0.15, -0.1) is 0 Å². The number of benzene rings is 3. The van der Waals surface area contributed by atoms with Crippen molar-refractivity contribution in [2.75, 3.05) is 6.54 Å². The van der Waals surface area contributed by atoms with E-state index in [0.29, 0.717) is 37.8 Å². The van der Waals surface area contributed by atoms with Gasteiger partial charge in [0.25, 0.3) is 0 Å². The fourth-order valence-electron chi connectivity index (χ4n) is 3.91. The van der Waals surface area contributed by atoms with Gasteiger partial charge in [0.2, 0.25) is 5.91 Å². The fraction of sp³-hybridized carbons (Fsp3) is 0.321. The van der Waals surface area contributed by atoms with E-state index in [0.717, 1.165) is 24.6 Å². The molecule has 0 aliphatic rings. The summed E-state index contributed by atoms with van der Waals surface area (Å²) in [5.74, 6) is -1.27. The number of nitrogens with one attached hydrogen (secondary N) is 2. The second-order valence-corrected chi connectivity index (χ2v) is 8.37. The van der Waals surface area contributed by atoms with Gasteiger partial charge in [-0.2, -0.15) is 0 Å². The Balaban J connectivity index is 1.56.